The highest BCUT2D eigenvalue weighted by Gasteiger charge is 2.41. The number of nitrogens with zero attached hydrogens (tertiary/aromatic N) is 3. The molecular weight excluding hydrogens is 334 g/mol. The lowest BCUT2D eigenvalue weighted by Gasteiger charge is -2.38. The van der Waals surface area contributed by atoms with Gasteiger partial charge >= 0.3 is 5.97 Å². The van der Waals surface area contributed by atoms with E-state index >= 15 is 0 Å². The van der Waals surface area contributed by atoms with Crippen LogP contribution in [-0.4, -0.2) is 54.4 Å². The molecule has 1 spiro atoms. The molecule has 2 saturated heterocycles. The first-order valence-electron chi connectivity index (χ1n) is 9.77. The zero-order valence-corrected chi connectivity index (χ0v) is 15.7. The molecule has 1 aliphatic carbocycles. The van der Waals surface area contributed by atoms with E-state index in [-0.39, 0.29) is 17.7 Å². The number of carbonyl (C=O) groups excluding carboxylic acids is 1. The van der Waals surface area contributed by atoms with Gasteiger partial charge in [0.1, 0.15) is 0 Å². The third-order valence-corrected chi connectivity index (χ3v) is 6.24. The SMILES string of the molecule is COC(=O)C1CCC(C)N(c2cnn(C3CCC4(CC3)OCCO4)c2)C1. The first-order chi connectivity index (χ1) is 12.6. The third-order valence-electron chi connectivity index (χ3n) is 6.24. The van der Waals surface area contributed by atoms with Crippen LogP contribution in [0.5, 0.6) is 0 Å². The maximum absolute atomic E-state index is 11.9. The lowest BCUT2D eigenvalue weighted by molar-refractivity contribution is -0.181. The fourth-order valence-corrected chi connectivity index (χ4v) is 4.59. The molecule has 0 bridgehead atoms. The van der Waals surface area contributed by atoms with E-state index in [1.807, 2.05) is 6.20 Å². The fraction of sp³-hybridized carbons (Fsp3) is 0.789. The van der Waals surface area contributed by atoms with Gasteiger partial charge < -0.3 is 19.1 Å². The van der Waals surface area contributed by atoms with E-state index in [4.69, 9.17) is 14.2 Å². The Morgan fingerprint density at radius 2 is 1.96 bits per heavy atom. The van der Waals surface area contributed by atoms with Crippen molar-refractivity contribution in [3.05, 3.63) is 12.4 Å². The highest BCUT2D eigenvalue weighted by molar-refractivity contribution is 5.73. The summed E-state index contributed by atoms with van der Waals surface area (Å²) < 4.78 is 18.7. The molecule has 2 aliphatic heterocycles. The molecule has 3 fully saturated rings. The molecule has 0 amide bonds. The Balaban J connectivity index is 1.41. The third kappa shape index (κ3) is 3.34. The van der Waals surface area contributed by atoms with Gasteiger partial charge in [-0.15, -0.1) is 0 Å². The molecule has 4 rings (SSSR count). The topological polar surface area (TPSA) is 65.8 Å². The lowest BCUT2D eigenvalue weighted by Crippen LogP contribution is -2.44. The normalized spacial score (nSPS) is 29.2. The Hall–Kier alpha value is -1.60. The van der Waals surface area contributed by atoms with Crippen LogP contribution in [-0.2, 0) is 19.0 Å². The van der Waals surface area contributed by atoms with Crippen LogP contribution in [0.3, 0.4) is 0 Å². The minimum absolute atomic E-state index is 0.0502. The van der Waals surface area contributed by atoms with Crippen LogP contribution in [0.2, 0.25) is 0 Å². The van der Waals surface area contributed by atoms with Gasteiger partial charge in [-0.25, -0.2) is 0 Å². The predicted octanol–water partition coefficient (Wildman–Crippen LogP) is 2.52. The van der Waals surface area contributed by atoms with Crippen molar-refractivity contribution >= 4 is 11.7 Å². The van der Waals surface area contributed by atoms with Gasteiger partial charge in [0.2, 0.25) is 0 Å². The summed E-state index contributed by atoms with van der Waals surface area (Å²) in [4.78, 5) is 14.2. The van der Waals surface area contributed by atoms with Crippen molar-refractivity contribution in [1.29, 1.82) is 0 Å². The number of anilines is 1. The quantitative estimate of drug-likeness (QED) is 0.769. The summed E-state index contributed by atoms with van der Waals surface area (Å²) in [5, 5.41) is 4.63. The van der Waals surface area contributed by atoms with Crippen molar-refractivity contribution in [3.8, 4) is 0 Å². The van der Waals surface area contributed by atoms with Gasteiger partial charge in [-0.05, 0) is 32.6 Å². The first kappa shape index (κ1) is 17.8. The van der Waals surface area contributed by atoms with E-state index in [1.54, 1.807) is 0 Å². The summed E-state index contributed by atoms with van der Waals surface area (Å²) in [5.41, 5.74) is 1.10. The largest absolute Gasteiger partial charge is 0.469 e. The zero-order valence-electron chi connectivity index (χ0n) is 15.7. The highest BCUT2D eigenvalue weighted by atomic mass is 16.7. The van der Waals surface area contributed by atoms with E-state index in [2.05, 4.69) is 27.8 Å². The van der Waals surface area contributed by atoms with Crippen LogP contribution in [0.1, 0.15) is 51.5 Å². The maximum Gasteiger partial charge on any atom is 0.310 e. The molecule has 3 aliphatic rings. The second-order valence-electron chi connectivity index (χ2n) is 7.82. The standard InChI is InChI=1S/C19H29N3O4/c1-14-3-4-15(18(23)24-2)12-21(14)17-11-20-22(13-17)16-5-7-19(8-6-16)25-9-10-26-19/h11,13-16H,3-10,12H2,1-2H3. The number of hydrogen-bond donors (Lipinski definition) is 0. The number of carbonyl (C=O) groups is 1. The van der Waals surface area contributed by atoms with E-state index in [0.717, 1.165) is 44.2 Å². The van der Waals surface area contributed by atoms with Gasteiger partial charge in [0.25, 0.3) is 0 Å². The van der Waals surface area contributed by atoms with Crippen LogP contribution >= 0.6 is 0 Å². The number of piperidine rings is 1. The van der Waals surface area contributed by atoms with Crippen LogP contribution in [0.15, 0.2) is 12.4 Å². The maximum atomic E-state index is 11.9. The molecular formula is C19H29N3O4. The van der Waals surface area contributed by atoms with Crippen LogP contribution in [0.25, 0.3) is 0 Å². The van der Waals surface area contributed by atoms with Crippen LogP contribution in [0.4, 0.5) is 5.69 Å². The van der Waals surface area contributed by atoms with Crippen LogP contribution < -0.4 is 4.90 Å². The number of hydrogen-bond acceptors (Lipinski definition) is 6. The molecule has 2 atom stereocenters. The molecule has 1 saturated carbocycles. The second kappa shape index (κ2) is 7.19. The van der Waals surface area contributed by atoms with Gasteiger partial charge in [-0.3, -0.25) is 9.48 Å². The number of rotatable bonds is 3. The lowest BCUT2D eigenvalue weighted by atomic mass is 9.90. The zero-order chi connectivity index (χ0) is 18.1. The second-order valence-corrected chi connectivity index (χ2v) is 7.82. The Morgan fingerprint density at radius 3 is 2.65 bits per heavy atom. The van der Waals surface area contributed by atoms with Crippen molar-refractivity contribution in [3.63, 3.8) is 0 Å². The smallest absolute Gasteiger partial charge is 0.310 e. The van der Waals surface area contributed by atoms with Gasteiger partial charge in [0, 0.05) is 31.6 Å². The molecule has 144 valence electrons. The number of aromatic nitrogens is 2. The number of esters is 1. The van der Waals surface area contributed by atoms with Crippen molar-refractivity contribution < 1.29 is 19.0 Å². The minimum atomic E-state index is -0.332. The monoisotopic (exact) mass is 363 g/mol. The Bertz CT molecular complexity index is 630. The molecule has 3 heterocycles. The average molecular weight is 363 g/mol. The number of ether oxygens (including phenoxy) is 3. The van der Waals surface area contributed by atoms with E-state index in [9.17, 15) is 4.79 Å². The highest BCUT2D eigenvalue weighted by Crippen LogP contribution is 2.40. The first-order valence-corrected chi connectivity index (χ1v) is 9.77. The Morgan fingerprint density at radius 1 is 1.23 bits per heavy atom. The van der Waals surface area contributed by atoms with Gasteiger partial charge in [-0.2, -0.15) is 5.10 Å². The summed E-state index contributed by atoms with van der Waals surface area (Å²) in [6.45, 7) is 4.34. The summed E-state index contributed by atoms with van der Waals surface area (Å²) in [6.07, 6.45) is 9.84. The number of methoxy groups -OCH3 is 1. The van der Waals surface area contributed by atoms with Crippen molar-refractivity contribution in [2.75, 3.05) is 31.8 Å². The van der Waals surface area contributed by atoms with Gasteiger partial charge in [0.15, 0.2) is 5.79 Å². The molecule has 26 heavy (non-hydrogen) atoms. The van der Waals surface area contributed by atoms with E-state index in [0.29, 0.717) is 31.8 Å². The van der Waals surface area contributed by atoms with E-state index in [1.165, 1.54) is 7.11 Å². The van der Waals surface area contributed by atoms with Crippen molar-refractivity contribution in [2.45, 2.75) is 63.3 Å². The Kier molecular flexibility index (Phi) is 4.92. The molecule has 0 N–H and O–H groups in total. The summed E-state index contributed by atoms with van der Waals surface area (Å²) >= 11 is 0. The summed E-state index contributed by atoms with van der Waals surface area (Å²) in [6, 6.07) is 0.794. The molecule has 0 radical (unpaired) electrons. The molecule has 1 aromatic rings. The molecule has 1 aromatic heterocycles. The van der Waals surface area contributed by atoms with Crippen molar-refractivity contribution in [1.82, 2.24) is 9.78 Å². The molecule has 7 nitrogen and oxygen atoms in total. The fourth-order valence-electron chi connectivity index (χ4n) is 4.59. The minimum Gasteiger partial charge on any atom is -0.469 e. The average Bonchev–Trinajstić information content (AvgIpc) is 3.32. The molecule has 2 unspecified atom stereocenters. The van der Waals surface area contributed by atoms with Crippen molar-refractivity contribution in [2.24, 2.45) is 5.92 Å². The van der Waals surface area contributed by atoms with Gasteiger partial charge in [0.05, 0.1) is 44.2 Å². The Labute approximate surface area is 154 Å². The van der Waals surface area contributed by atoms with Gasteiger partial charge in [-0.1, -0.05) is 0 Å². The molecule has 0 aromatic carbocycles. The summed E-state index contributed by atoms with van der Waals surface area (Å²) in [5.74, 6) is -0.490. The molecule has 7 heteroatoms. The van der Waals surface area contributed by atoms with E-state index < -0.39 is 0 Å². The summed E-state index contributed by atoms with van der Waals surface area (Å²) in [7, 11) is 1.47. The van der Waals surface area contributed by atoms with Crippen LogP contribution in [0, 0.1) is 5.92 Å². The predicted molar refractivity (Wildman–Crippen MR) is 95.9 cm³/mol.